The van der Waals surface area contributed by atoms with E-state index >= 15 is 0 Å². The fourth-order valence-electron chi connectivity index (χ4n) is 4.20. The van der Waals surface area contributed by atoms with Crippen LogP contribution in [0.2, 0.25) is 0 Å². The maximum atomic E-state index is 11.8. The molecule has 0 saturated heterocycles. The highest BCUT2D eigenvalue weighted by atomic mass is 16.6. The van der Waals surface area contributed by atoms with Gasteiger partial charge in [0, 0.05) is 6.42 Å². The minimum atomic E-state index is -0.138. The van der Waals surface area contributed by atoms with Crippen molar-refractivity contribution in [2.45, 2.75) is 71.1 Å². The minimum absolute atomic E-state index is 0.138. The molecule has 0 heterocycles. The third-order valence-corrected chi connectivity index (χ3v) is 6.88. The van der Waals surface area contributed by atoms with E-state index in [-0.39, 0.29) is 12.6 Å². The Kier molecular flexibility index (Phi) is 44.3. The molecule has 0 aliphatic rings. The van der Waals surface area contributed by atoms with E-state index in [1.807, 2.05) is 0 Å². The van der Waals surface area contributed by atoms with Gasteiger partial charge in [0.15, 0.2) is 0 Å². The Balaban J connectivity index is 3.11. The Bertz CT molecular complexity index is 693. The number of terminal acetylenes is 1. The smallest absolute Gasteiger partial charge is 0.305 e. The zero-order chi connectivity index (χ0) is 36.1. The lowest BCUT2D eigenvalue weighted by Gasteiger charge is -2.09. The van der Waals surface area contributed by atoms with E-state index in [4.69, 9.17) is 63.3 Å². The van der Waals surface area contributed by atoms with Crippen molar-refractivity contribution in [2.75, 3.05) is 152 Å². The maximum Gasteiger partial charge on any atom is 0.305 e. The molecule has 0 amide bonds. The largest absolute Gasteiger partial charge is 0.463 e. The van der Waals surface area contributed by atoms with Gasteiger partial charge >= 0.3 is 5.97 Å². The van der Waals surface area contributed by atoms with Crippen molar-refractivity contribution in [1.82, 2.24) is 0 Å². The molecule has 0 spiro atoms. The van der Waals surface area contributed by atoms with Crippen LogP contribution in [0.25, 0.3) is 0 Å². The first-order chi connectivity index (χ1) is 24.8. The summed E-state index contributed by atoms with van der Waals surface area (Å²) in [5.74, 6) is 2.26. The third-order valence-electron chi connectivity index (χ3n) is 6.88. The second-order valence-electron chi connectivity index (χ2n) is 11.2. The van der Waals surface area contributed by atoms with Gasteiger partial charge in [0.05, 0.1) is 139 Å². The van der Waals surface area contributed by atoms with Crippen LogP contribution < -0.4 is 0 Å². The molecule has 0 saturated carbocycles. The SMILES string of the molecule is C#CCOCCOCCOCCOCCOCCOCCOCCOCCOCCOCCOCCOC(=O)CCCCCCCCCCC. The quantitative estimate of drug-likeness (QED) is 0.0505. The monoisotopic (exact) mass is 722 g/mol. The van der Waals surface area contributed by atoms with Crippen molar-refractivity contribution in [3.8, 4) is 12.3 Å². The summed E-state index contributed by atoms with van der Waals surface area (Å²) in [6.45, 7) is 13.1. The molecule has 0 N–H and O–H groups in total. The molecule has 0 atom stereocenters. The lowest BCUT2D eigenvalue weighted by atomic mass is 10.1. The molecule has 0 aromatic rings. The zero-order valence-electron chi connectivity index (χ0n) is 31.2. The van der Waals surface area contributed by atoms with Gasteiger partial charge in [-0.1, -0.05) is 64.2 Å². The van der Waals surface area contributed by atoms with Crippen molar-refractivity contribution in [3.05, 3.63) is 0 Å². The van der Waals surface area contributed by atoms with Gasteiger partial charge < -0.3 is 56.8 Å². The summed E-state index contributed by atoms with van der Waals surface area (Å²) in [4.78, 5) is 11.8. The van der Waals surface area contributed by atoms with E-state index in [0.717, 1.165) is 12.8 Å². The molecule has 0 unspecified atom stereocenters. The first-order valence-electron chi connectivity index (χ1n) is 18.8. The van der Waals surface area contributed by atoms with Crippen molar-refractivity contribution in [2.24, 2.45) is 0 Å². The standard InChI is InChI=1S/C37H70O13/c1-3-5-6-7-8-9-10-11-12-13-37(38)50-36-35-49-34-33-48-32-31-47-30-29-46-28-27-45-26-25-44-24-23-43-22-21-42-20-19-41-18-17-40-16-15-39-14-4-2/h2H,3,5-36H2,1H3. The normalized spacial score (nSPS) is 11.3. The van der Waals surface area contributed by atoms with Gasteiger partial charge in [0.2, 0.25) is 0 Å². The fourth-order valence-corrected chi connectivity index (χ4v) is 4.20. The summed E-state index contributed by atoms with van der Waals surface area (Å²) in [5.41, 5.74) is 0. The summed E-state index contributed by atoms with van der Waals surface area (Å²) in [6.07, 6.45) is 16.7. The van der Waals surface area contributed by atoms with Gasteiger partial charge in [-0.15, -0.1) is 6.42 Å². The predicted octanol–water partition coefficient (Wildman–Crippen LogP) is 4.27. The summed E-state index contributed by atoms with van der Waals surface area (Å²) in [5, 5.41) is 0. The van der Waals surface area contributed by atoms with Crippen molar-refractivity contribution in [3.63, 3.8) is 0 Å². The Hall–Kier alpha value is -1.41. The predicted molar refractivity (Wildman–Crippen MR) is 191 cm³/mol. The van der Waals surface area contributed by atoms with E-state index in [0.29, 0.717) is 152 Å². The molecule has 13 nitrogen and oxygen atoms in total. The third kappa shape index (κ3) is 44.6. The highest BCUT2D eigenvalue weighted by Gasteiger charge is 2.03. The highest BCUT2D eigenvalue weighted by molar-refractivity contribution is 5.69. The first-order valence-corrected chi connectivity index (χ1v) is 18.8. The van der Waals surface area contributed by atoms with Crippen LogP contribution in [0.3, 0.4) is 0 Å². The van der Waals surface area contributed by atoms with E-state index in [9.17, 15) is 4.79 Å². The number of hydrogen-bond donors (Lipinski definition) is 0. The number of hydrogen-bond acceptors (Lipinski definition) is 13. The summed E-state index contributed by atoms with van der Waals surface area (Å²) < 4.78 is 64.8. The number of carbonyl (C=O) groups is 1. The van der Waals surface area contributed by atoms with E-state index in [1.54, 1.807) is 0 Å². The molecule has 296 valence electrons. The van der Waals surface area contributed by atoms with Crippen LogP contribution in [-0.4, -0.2) is 158 Å². The molecule has 0 rings (SSSR count). The summed E-state index contributed by atoms with van der Waals surface area (Å²) >= 11 is 0. The molecule has 0 aliphatic carbocycles. The Morgan fingerprint density at radius 3 is 0.940 bits per heavy atom. The topological polar surface area (TPSA) is 128 Å². The first kappa shape index (κ1) is 48.6. The second kappa shape index (κ2) is 45.6. The second-order valence-corrected chi connectivity index (χ2v) is 11.2. The number of rotatable bonds is 44. The number of esters is 1. The molecule has 50 heavy (non-hydrogen) atoms. The van der Waals surface area contributed by atoms with Crippen LogP contribution in [0, 0.1) is 12.3 Å². The maximum absolute atomic E-state index is 11.8. The van der Waals surface area contributed by atoms with E-state index in [2.05, 4.69) is 12.8 Å². The van der Waals surface area contributed by atoms with Crippen LogP contribution >= 0.6 is 0 Å². The summed E-state index contributed by atoms with van der Waals surface area (Å²) in [6, 6.07) is 0. The lowest BCUT2D eigenvalue weighted by molar-refractivity contribution is -0.145. The van der Waals surface area contributed by atoms with Crippen LogP contribution in [0.1, 0.15) is 71.1 Å². The molecule has 13 heteroatoms. The van der Waals surface area contributed by atoms with Crippen molar-refractivity contribution < 1.29 is 61.6 Å². The molecular weight excluding hydrogens is 652 g/mol. The van der Waals surface area contributed by atoms with E-state index in [1.165, 1.54) is 44.9 Å². The minimum Gasteiger partial charge on any atom is -0.463 e. The molecular formula is C37H70O13. The van der Waals surface area contributed by atoms with Gasteiger partial charge in [0.25, 0.3) is 0 Å². The molecule has 0 fully saturated rings. The van der Waals surface area contributed by atoms with Crippen molar-refractivity contribution in [1.29, 1.82) is 0 Å². The fraction of sp³-hybridized carbons (Fsp3) is 0.919. The van der Waals surface area contributed by atoms with Gasteiger partial charge in [-0.2, -0.15) is 0 Å². The van der Waals surface area contributed by atoms with Crippen LogP contribution in [0.15, 0.2) is 0 Å². The van der Waals surface area contributed by atoms with Crippen LogP contribution in [0.4, 0.5) is 0 Å². The Labute approximate surface area is 302 Å². The van der Waals surface area contributed by atoms with Crippen LogP contribution in [0.5, 0.6) is 0 Å². The average molecular weight is 723 g/mol. The molecule has 0 aromatic heterocycles. The highest BCUT2D eigenvalue weighted by Crippen LogP contribution is 2.10. The van der Waals surface area contributed by atoms with E-state index < -0.39 is 0 Å². The molecule has 0 bridgehead atoms. The van der Waals surface area contributed by atoms with Gasteiger partial charge in [-0.25, -0.2) is 0 Å². The Morgan fingerprint density at radius 2 is 0.640 bits per heavy atom. The van der Waals surface area contributed by atoms with Gasteiger partial charge in [0.1, 0.15) is 13.2 Å². The number of ether oxygens (including phenoxy) is 12. The van der Waals surface area contributed by atoms with Gasteiger partial charge in [-0.05, 0) is 6.42 Å². The average Bonchev–Trinajstić information content (AvgIpc) is 3.12. The zero-order valence-corrected chi connectivity index (χ0v) is 31.2. The Morgan fingerprint density at radius 1 is 0.380 bits per heavy atom. The summed E-state index contributed by atoms with van der Waals surface area (Å²) in [7, 11) is 0. The lowest BCUT2D eigenvalue weighted by Crippen LogP contribution is -2.15. The van der Waals surface area contributed by atoms with Crippen molar-refractivity contribution >= 4 is 5.97 Å². The van der Waals surface area contributed by atoms with Gasteiger partial charge in [-0.3, -0.25) is 4.79 Å². The molecule has 0 aromatic carbocycles. The van der Waals surface area contributed by atoms with Crippen LogP contribution in [-0.2, 0) is 61.6 Å². The number of unbranched alkanes of at least 4 members (excludes halogenated alkanes) is 8. The number of carbonyl (C=O) groups excluding carboxylic acids is 1. The molecule has 0 aliphatic heterocycles. The molecule has 0 radical (unpaired) electrons.